The molecule has 0 spiro atoms. The van der Waals surface area contributed by atoms with Gasteiger partial charge in [-0.25, -0.2) is 9.78 Å². The topological polar surface area (TPSA) is 78.9 Å². The van der Waals surface area contributed by atoms with Gasteiger partial charge in [-0.15, -0.1) is 0 Å². The predicted molar refractivity (Wildman–Crippen MR) is 79.6 cm³/mol. The molecular formula is C15H18N4O3. The smallest absolute Gasteiger partial charge is 0.328 e. The van der Waals surface area contributed by atoms with Crippen molar-refractivity contribution in [1.82, 2.24) is 18.7 Å². The molecule has 3 aliphatic rings. The molecule has 5 rings (SSSR count). The molecule has 0 aliphatic heterocycles. The second kappa shape index (κ2) is 3.77. The second-order valence-electron chi connectivity index (χ2n) is 7.13. The summed E-state index contributed by atoms with van der Waals surface area (Å²) in [5.41, 5.74) is 0.0124. The van der Waals surface area contributed by atoms with Gasteiger partial charge in [-0.1, -0.05) is 0 Å². The summed E-state index contributed by atoms with van der Waals surface area (Å²) >= 11 is 0. The fraction of sp³-hybridized carbons (Fsp3) is 0.600. The lowest BCUT2D eigenvalue weighted by atomic mass is 9.34. The molecule has 2 aromatic heterocycles. The minimum absolute atomic E-state index is 0.0477. The van der Waals surface area contributed by atoms with Crippen molar-refractivity contribution in [2.45, 2.75) is 32.7 Å². The summed E-state index contributed by atoms with van der Waals surface area (Å²) in [6.07, 6.45) is 3.94. The number of carbonyl (C=O) groups excluding carboxylic acids is 1. The fourth-order valence-electron chi connectivity index (χ4n) is 4.41. The Morgan fingerprint density at radius 1 is 1.27 bits per heavy atom. The Labute approximate surface area is 126 Å². The number of nitrogens with zero attached hydrogens (tertiary/aromatic N) is 4. The van der Waals surface area contributed by atoms with Gasteiger partial charge in [-0.3, -0.25) is 18.7 Å². The Hall–Kier alpha value is -2.18. The van der Waals surface area contributed by atoms with Crippen LogP contribution in [0.1, 0.15) is 26.2 Å². The maximum Gasteiger partial charge on any atom is 0.332 e. The highest BCUT2D eigenvalue weighted by atomic mass is 16.2. The van der Waals surface area contributed by atoms with Crippen molar-refractivity contribution in [1.29, 1.82) is 0 Å². The van der Waals surface area contributed by atoms with Crippen molar-refractivity contribution in [3.05, 3.63) is 27.2 Å². The highest BCUT2D eigenvalue weighted by molar-refractivity contribution is 5.86. The predicted octanol–water partition coefficient (Wildman–Crippen LogP) is 0.193. The maximum atomic E-state index is 12.7. The first-order valence-electron chi connectivity index (χ1n) is 7.41. The monoisotopic (exact) mass is 302 g/mol. The van der Waals surface area contributed by atoms with Gasteiger partial charge < -0.3 is 4.57 Å². The molecule has 2 aromatic rings. The van der Waals surface area contributed by atoms with Crippen LogP contribution in [0.15, 0.2) is 15.9 Å². The van der Waals surface area contributed by atoms with E-state index in [1.165, 1.54) is 9.13 Å². The van der Waals surface area contributed by atoms with E-state index in [0.717, 1.165) is 19.3 Å². The molecule has 0 atom stereocenters. The summed E-state index contributed by atoms with van der Waals surface area (Å²) < 4.78 is 4.38. The van der Waals surface area contributed by atoms with Crippen LogP contribution < -0.4 is 11.2 Å². The van der Waals surface area contributed by atoms with E-state index in [9.17, 15) is 14.4 Å². The average molecular weight is 302 g/mol. The standard InChI is InChI=1S/C15H18N4O3/c1-9(20)15-4-14(5-15,6-15)7-19-12(21)10-11(16-8-17(10)2)18(3)13(19)22/h8H,4-7H2,1-3H3. The van der Waals surface area contributed by atoms with Crippen molar-refractivity contribution >= 4 is 16.9 Å². The van der Waals surface area contributed by atoms with Crippen LogP contribution in [0.4, 0.5) is 0 Å². The second-order valence-corrected chi connectivity index (χ2v) is 7.13. The Morgan fingerprint density at radius 3 is 2.50 bits per heavy atom. The molecule has 3 aliphatic carbocycles. The van der Waals surface area contributed by atoms with Crippen LogP contribution in [0.3, 0.4) is 0 Å². The fourth-order valence-corrected chi connectivity index (χ4v) is 4.41. The van der Waals surface area contributed by atoms with Gasteiger partial charge in [0, 0.05) is 26.1 Å². The van der Waals surface area contributed by atoms with Gasteiger partial charge in [0.2, 0.25) is 0 Å². The molecule has 7 heteroatoms. The number of hydrogen-bond acceptors (Lipinski definition) is 4. The number of aromatic nitrogens is 4. The van der Waals surface area contributed by atoms with E-state index in [4.69, 9.17) is 0 Å². The number of hydrogen-bond donors (Lipinski definition) is 0. The molecule has 22 heavy (non-hydrogen) atoms. The minimum Gasteiger partial charge on any atom is -0.328 e. The molecule has 0 saturated heterocycles. The molecule has 0 unspecified atom stereocenters. The largest absolute Gasteiger partial charge is 0.332 e. The van der Waals surface area contributed by atoms with Crippen LogP contribution in [0.5, 0.6) is 0 Å². The molecule has 0 N–H and O–H groups in total. The lowest BCUT2D eigenvalue weighted by Crippen LogP contribution is -2.67. The Bertz CT molecular complexity index is 926. The number of ketones is 1. The lowest BCUT2D eigenvalue weighted by molar-refractivity contribution is -0.209. The van der Waals surface area contributed by atoms with Gasteiger partial charge in [0.25, 0.3) is 5.56 Å². The molecule has 3 saturated carbocycles. The zero-order chi connectivity index (χ0) is 15.9. The third-order valence-corrected chi connectivity index (χ3v) is 5.58. The van der Waals surface area contributed by atoms with Gasteiger partial charge in [-0.05, 0) is 31.6 Å². The molecule has 3 fully saturated rings. The molecule has 0 aromatic carbocycles. The normalized spacial score (nSPS) is 29.2. The van der Waals surface area contributed by atoms with Crippen molar-refractivity contribution in [3.8, 4) is 0 Å². The first-order valence-corrected chi connectivity index (χ1v) is 7.41. The van der Waals surface area contributed by atoms with Gasteiger partial charge >= 0.3 is 5.69 Å². The van der Waals surface area contributed by atoms with E-state index >= 15 is 0 Å². The molecular weight excluding hydrogens is 284 g/mol. The van der Waals surface area contributed by atoms with Crippen LogP contribution >= 0.6 is 0 Å². The number of carbonyl (C=O) groups is 1. The minimum atomic E-state index is -0.335. The van der Waals surface area contributed by atoms with E-state index < -0.39 is 0 Å². The average Bonchev–Trinajstić information content (AvgIpc) is 2.74. The summed E-state index contributed by atoms with van der Waals surface area (Å²) in [6, 6.07) is 0. The van der Waals surface area contributed by atoms with Crippen molar-refractivity contribution in [2.75, 3.05) is 0 Å². The maximum absolute atomic E-state index is 12.7. The Balaban J connectivity index is 1.78. The number of fused-ring (bicyclic) bond motifs is 1. The van der Waals surface area contributed by atoms with E-state index in [2.05, 4.69) is 4.98 Å². The Kier molecular flexibility index (Phi) is 2.31. The molecule has 0 amide bonds. The number of rotatable bonds is 3. The van der Waals surface area contributed by atoms with Gasteiger partial charge in [-0.2, -0.15) is 0 Å². The van der Waals surface area contributed by atoms with Crippen LogP contribution in [0, 0.1) is 10.8 Å². The van der Waals surface area contributed by atoms with Gasteiger partial charge in [0.1, 0.15) is 5.78 Å². The lowest BCUT2D eigenvalue weighted by Gasteiger charge is -2.69. The van der Waals surface area contributed by atoms with Gasteiger partial charge in [0.05, 0.1) is 6.33 Å². The van der Waals surface area contributed by atoms with E-state index in [-0.39, 0.29) is 27.9 Å². The van der Waals surface area contributed by atoms with Crippen molar-refractivity contribution < 1.29 is 4.79 Å². The quantitative estimate of drug-likeness (QED) is 0.811. The van der Waals surface area contributed by atoms with Crippen LogP contribution in [-0.2, 0) is 25.4 Å². The van der Waals surface area contributed by atoms with Crippen molar-refractivity contribution in [3.63, 3.8) is 0 Å². The van der Waals surface area contributed by atoms with Crippen LogP contribution in [0.25, 0.3) is 11.2 Å². The molecule has 7 nitrogen and oxygen atoms in total. The first-order chi connectivity index (χ1) is 10.3. The summed E-state index contributed by atoms with van der Waals surface area (Å²) in [5.74, 6) is 0.233. The van der Waals surface area contributed by atoms with Crippen LogP contribution in [-0.4, -0.2) is 24.5 Å². The summed E-state index contributed by atoms with van der Waals surface area (Å²) in [6.45, 7) is 2.03. The zero-order valence-electron chi connectivity index (χ0n) is 12.9. The number of aryl methyl sites for hydroxylation is 2. The van der Waals surface area contributed by atoms with E-state index in [1.54, 1.807) is 31.9 Å². The molecule has 2 bridgehead atoms. The molecule has 116 valence electrons. The van der Waals surface area contributed by atoms with E-state index in [1.807, 2.05) is 0 Å². The van der Waals surface area contributed by atoms with Crippen molar-refractivity contribution in [2.24, 2.45) is 24.9 Å². The molecule has 0 radical (unpaired) electrons. The Morgan fingerprint density at radius 2 is 1.91 bits per heavy atom. The third kappa shape index (κ3) is 1.41. The zero-order valence-corrected chi connectivity index (χ0v) is 12.9. The third-order valence-electron chi connectivity index (χ3n) is 5.58. The molecule has 2 heterocycles. The van der Waals surface area contributed by atoms with Gasteiger partial charge in [0.15, 0.2) is 11.2 Å². The summed E-state index contributed by atoms with van der Waals surface area (Å²) in [4.78, 5) is 40.9. The number of Topliss-reactive ketones (excluding diaryl/α,β-unsaturated/α-hetero) is 1. The van der Waals surface area contributed by atoms with Crippen LogP contribution in [0.2, 0.25) is 0 Å². The number of imidazole rings is 1. The summed E-state index contributed by atoms with van der Waals surface area (Å²) in [7, 11) is 3.38. The highest BCUT2D eigenvalue weighted by Gasteiger charge is 2.70. The highest BCUT2D eigenvalue weighted by Crippen LogP contribution is 2.74. The SMILES string of the molecule is CC(=O)C12CC(Cn3c(=O)c4c(ncn4C)n(C)c3=O)(C1)C2. The first kappa shape index (κ1) is 13.5. The summed E-state index contributed by atoms with van der Waals surface area (Å²) in [5, 5.41) is 0. The van der Waals surface area contributed by atoms with E-state index in [0.29, 0.717) is 17.7 Å².